The zero-order valence-electron chi connectivity index (χ0n) is 12.3. The van der Waals surface area contributed by atoms with E-state index in [4.69, 9.17) is 4.74 Å². The molecule has 0 aromatic heterocycles. The van der Waals surface area contributed by atoms with Gasteiger partial charge in [-0.1, -0.05) is 22.4 Å². The summed E-state index contributed by atoms with van der Waals surface area (Å²) in [5, 5.41) is 0. The van der Waals surface area contributed by atoms with Gasteiger partial charge in [-0.05, 0) is 25.0 Å². The lowest BCUT2D eigenvalue weighted by Gasteiger charge is -2.40. The molecule has 0 saturated carbocycles. The third kappa shape index (κ3) is 3.08. The number of rotatable bonds is 3. The maximum absolute atomic E-state index is 12.6. The molecule has 1 amide bonds. The number of amides is 1. The average molecular weight is 324 g/mol. The Morgan fingerprint density at radius 2 is 1.82 bits per heavy atom. The minimum Gasteiger partial charge on any atom is -0.593 e. The number of piperidine rings is 1. The Bertz CT molecular complexity index is 572. The minimum absolute atomic E-state index is 0.00983. The van der Waals surface area contributed by atoms with E-state index in [2.05, 4.69) is 0 Å². The zero-order valence-corrected chi connectivity index (χ0v) is 13.2. The molecule has 1 atom stereocenters. The summed E-state index contributed by atoms with van der Waals surface area (Å²) < 4.78 is 31.8. The molecule has 0 bridgehead atoms. The Morgan fingerprint density at radius 3 is 2.45 bits per heavy atom. The maximum Gasteiger partial charge on any atom is 0.248 e. The second-order valence-electron chi connectivity index (χ2n) is 5.59. The Hall–Kier alpha value is -1.28. The van der Waals surface area contributed by atoms with Crippen molar-refractivity contribution >= 4 is 16.3 Å². The summed E-state index contributed by atoms with van der Waals surface area (Å²) in [4.78, 5) is 14.0. The molecule has 1 aromatic carbocycles. The van der Waals surface area contributed by atoms with Crippen LogP contribution in [0.4, 0.5) is 0 Å². The number of carbonyl (C=O) groups is 1. The molecule has 2 fully saturated rings. The number of hydrogen-bond acceptors (Lipinski definition) is 4. The molecule has 0 spiro atoms. The summed E-state index contributed by atoms with van der Waals surface area (Å²) in [6, 6.07) is 8.62. The molecule has 6 nitrogen and oxygen atoms in total. The van der Waals surface area contributed by atoms with Gasteiger partial charge in [0.1, 0.15) is 6.61 Å². The number of hydrogen-bond donors (Lipinski definition) is 0. The SMILES string of the molecule is O=C1COCCN1C1CCN([S+](=O)([O-])c2ccccc2)CC1. The van der Waals surface area contributed by atoms with Crippen molar-refractivity contribution in [1.29, 1.82) is 0 Å². The largest absolute Gasteiger partial charge is 0.593 e. The molecule has 0 N–H and O–H groups in total. The van der Waals surface area contributed by atoms with Crippen molar-refractivity contribution in [2.75, 3.05) is 32.8 Å². The highest BCUT2D eigenvalue weighted by Crippen LogP contribution is 2.27. The van der Waals surface area contributed by atoms with E-state index in [9.17, 15) is 13.6 Å². The van der Waals surface area contributed by atoms with E-state index in [0.717, 1.165) is 0 Å². The number of benzene rings is 1. The van der Waals surface area contributed by atoms with Gasteiger partial charge in [-0.15, -0.1) is 4.31 Å². The normalized spacial score (nSPS) is 24.2. The van der Waals surface area contributed by atoms with E-state index >= 15 is 0 Å². The highest BCUT2D eigenvalue weighted by Gasteiger charge is 2.37. The molecule has 120 valence electrons. The van der Waals surface area contributed by atoms with Gasteiger partial charge in [0.2, 0.25) is 5.91 Å². The van der Waals surface area contributed by atoms with Gasteiger partial charge in [-0.3, -0.25) is 4.79 Å². The zero-order chi connectivity index (χ0) is 15.6. The number of morpholine rings is 1. The monoisotopic (exact) mass is 324 g/mol. The third-order valence-electron chi connectivity index (χ3n) is 4.27. The van der Waals surface area contributed by atoms with Crippen LogP contribution in [0.1, 0.15) is 12.8 Å². The van der Waals surface area contributed by atoms with Crippen LogP contribution in [0.25, 0.3) is 0 Å². The molecule has 22 heavy (non-hydrogen) atoms. The van der Waals surface area contributed by atoms with Crippen LogP contribution in [-0.4, -0.2) is 58.6 Å². The molecular formula is C15H20N2O4S. The Labute approximate surface area is 131 Å². The summed E-state index contributed by atoms with van der Waals surface area (Å²) in [7, 11) is -3.42. The first-order valence-corrected chi connectivity index (χ1v) is 8.95. The fraction of sp³-hybridized carbons (Fsp3) is 0.533. The number of ether oxygens (including phenoxy) is 1. The summed E-state index contributed by atoms with van der Waals surface area (Å²) >= 11 is 0. The lowest BCUT2D eigenvalue weighted by atomic mass is 10.0. The van der Waals surface area contributed by atoms with E-state index in [1.807, 2.05) is 4.90 Å². The summed E-state index contributed by atoms with van der Waals surface area (Å²) in [5.41, 5.74) is 0. The van der Waals surface area contributed by atoms with Crippen LogP contribution in [0, 0.1) is 0 Å². The molecule has 2 saturated heterocycles. The molecule has 0 aliphatic carbocycles. The Kier molecular flexibility index (Phi) is 4.58. The van der Waals surface area contributed by atoms with Gasteiger partial charge in [-0.25, -0.2) is 0 Å². The van der Waals surface area contributed by atoms with Gasteiger partial charge in [0.15, 0.2) is 15.3 Å². The van der Waals surface area contributed by atoms with Crippen LogP contribution in [0.5, 0.6) is 0 Å². The number of nitrogens with zero attached hydrogens (tertiary/aromatic N) is 2. The molecule has 0 radical (unpaired) electrons. The van der Waals surface area contributed by atoms with Crippen LogP contribution in [0.2, 0.25) is 0 Å². The van der Waals surface area contributed by atoms with Crippen molar-refractivity contribution in [3.8, 4) is 0 Å². The molecule has 1 unspecified atom stereocenters. The quantitative estimate of drug-likeness (QED) is 0.775. The maximum atomic E-state index is 12.6. The first-order chi connectivity index (χ1) is 10.6. The topological polar surface area (TPSA) is 72.9 Å². The molecule has 2 aliphatic rings. The smallest absolute Gasteiger partial charge is 0.248 e. The van der Waals surface area contributed by atoms with E-state index in [1.165, 1.54) is 4.31 Å². The first-order valence-electron chi connectivity index (χ1n) is 7.51. The average Bonchev–Trinajstić information content (AvgIpc) is 2.56. The van der Waals surface area contributed by atoms with Crippen molar-refractivity contribution in [1.82, 2.24) is 9.21 Å². The number of carbonyl (C=O) groups excluding carboxylic acids is 1. The predicted molar refractivity (Wildman–Crippen MR) is 80.7 cm³/mol. The van der Waals surface area contributed by atoms with Crippen LogP contribution in [-0.2, 0) is 24.1 Å². The lowest BCUT2D eigenvalue weighted by Crippen LogP contribution is -2.53. The van der Waals surface area contributed by atoms with Crippen LogP contribution >= 0.6 is 0 Å². The van der Waals surface area contributed by atoms with Gasteiger partial charge in [-0.2, -0.15) is 0 Å². The van der Waals surface area contributed by atoms with E-state index in [-0.39, 0.29) is 18.6 Å². The fourth-order valence-electron chi connectivity index (χ4n) is 3.05. The Balaban J connectivity index is 1.64. The molecule has 2 aliphatic heterocycles. The molecule has 2 heterocycles. The molecule has 1 aromatic rings. The van der Waals surface area contributed by atoms with Gasteiger partial charge in [0.05, 0.1) is 6.61 Å². The van der Waals surface area contributed by atoms with Crippen molar-refractivity contribution in [3.63, 3.8) is 0 Å². The Morgan fingerprint density at radius 1 is 1.14 bits per heavy atom. The highest BCUT2D eigenvalue weighted by atomic mass is 32.3. The van der Waals surface area contributed by atoms with Crippen molar-refractivity contribution in [3.05, 3.63) is 30.3 Å². The van der Waals surface area contributed by atoms with Crippen molar-refractivity contribution in [2.24, 2.45) is 0 Å². The second kappa shape index (κ2) is 6.45. The van der Waals surface area contributed by atoms with E-state index < -0.39 is 10.4 Å². The summed E-state index contributed by atoms with van der Waals surface area (Å²) in [5.74, 6) is 0.00983. The second-order valence-corrected chi connectivity index (χ2v) is 7.53. The standard InChI is InChI=1S/C15H20N2O4S/c18-15-12-21-11-10-17(15)13-6-8-16(9-7-13)22(19,20)14-4-2-1-3-5-14/h1-5,13H,6-12H2. The van der Waals surface area contributed by atoms with Crippen LogP contribution in [0.3, 0.4) is 0 Å². The van der Waals surface area contributed by atoms with Gasteiger partial charge in [0.25, 0.3) is 0 Å². The molecule has 7 heteroatoms. The first kappa shape index (κ1) is 15.6. The minimum atomic E-state index is -3.42. The van der Waals surface area contributed by atoms with Gasteiger partial charge < -0.3 is 14.2 Å². The third-order valence-corrected chi connectivity index (χ3v) is 6.18. The van der Waals surface area contributed by atoms with E-state index in [1.54, 1.807) is 30.3 Å². The summed E-state index contributed by atoms with van der Waals surface area (Å²) in [6.07, 6.45) is 1.36. The predicted octanol–water partition coefficient (Wildman–Crippen LogP) is 0.914. The van der Waals surface area contributed by atoms with Crippen LogP contribution < -0.4 is 0 Å². The van der Waals surface area contributed by atoms with Gasteiger partial charge >= 0.3 is 0 Å². The van der Waals surface area contributed by atoms with Gasteiger partial charge in [0, 0.05) is 25.7 Å². The van der Waals surface area contributed by atoms with E-state index in [0.29, 0.717) is 44.0 Å². The summed E-state index contributed by atoms with van der Waals surface area (Å²) in [6.45, 7) is 2.21. The van der Waals surface area contributed by atoms with Crippen molar-refractivity contribution in [2.45, 2.75) is 23.8 Å². The fourth-order valence-corrected chi connectivity index (χ4v) is 4.54. The van der Waals surface area contributed by atoms with Crippen molar-refractivity contribution < 1.29 is 18.3 Å². The lowest BCUT2D eigenvalue weighted by molar-refractivity contribution is -0.146. The highest BCUT2D eigenvalue weighted by molar-refractivity contribution is 7.95. The van der Waals surface area contributed by atoms with Crippen LogP contribution in [0.15, 0.2) is 35.2 Å². The number of sulfonamides is 1. The molecular weight excluding hydrogens is 304 g/mol. The molecule has 3 rings (SSSR count).